The van der Waals surface area contributed by atoms with Crippen LogP contribution in [0.1, 0.15) is 160 Å². The van der Waals surface area contributed by atoms with Crippen molar-refractivity contribution in [3.8, 4) is 46.0 Å². The van der Waals surface area contributed by atoms with Gasteiger partial charge in [-0.2, -0.15) is 0 Å². The molecular formula is C84H96O20. The number of carbonyl (C=O) groups is 8. The number of unbranched alkanes of at least 4 members (excludes halogenated alkanes) is 12. The van der Waals surface area contributed by atoms with Gasteiger partial charge in [0.1, 0.15) is 46.0 Å². The van der Waals surface area contributed by atoms with Crippen LogP contribution in [-0.4, -0.2) is 101 Å². The highest BCUT2D eigenvalue weighted by atomic mass is 16.6. The van der Waals surface area contributed by atoms with E-state index in [0.29, 0.717) is 121 Å². The topological polar surface area (TPSA) is 247 Å². The van der Waals surface area contributed by atoms with E-state index < -0.39 is 35.8 Å². The molecule has 0 amide bonds. The molecule has 552 valence electrons. The molecule has 0 fully saturated rings. The summed E-state index contributed by atoms with van der Waals surface area (Å²) < 4.78 is 65.2. The third-order valence-corrected chi connectivity index (χ3v) is 15.1. The highest BCUT2D eigenvalue weighted by Crippen LogP contribution is 2.28. The molecule has 0 radical (unpaired) electrons. The summed E-state index contributed by atoms with van der Waals surface area (Å²) in [5.41, 5.74) is 4.41. The zero-order valence-electron chi connectivity index (χ0n) is 60.1. The Kier molecular flexibility index (Phi) is 38.9. The fourth-order valence-electron chi connectivity index (χ4n) is 9.30. The van der Waals surface area contributed by atoms with E-state index in [1.54, 1.807) is 125 Å². The summed E-state index contributed by atoms with van der Waals surface area (Å²) in [7, 11) is 0. The molecule has 0 saturated heterocycles. The van der Waals surface area contributed by atoms with Crippen LogP contribution >= 0.6 is 0 Å². The molecular weight excluding hydrogens is 1330 g/mol. The van der Waals surface area contributed by atoms with Gasteiger partial charge in [0.05, 0.1) is 64.0 Å². The maximum absolute atomic E-state index is 12.7. The molecule has 0 saturated carbocycles. The van der Waals surface area contributed by atoms with Crippen molar-refractivity contribution >= 4 is 59.9 Å². The lowest BCUT2D eigenvalue weighted by Crippen LogP contribution is -2.09. The highest BCUT2D eigenvalue weighted by molar-refractivity contribution is 5.93. The second kappa shape index (κ2) is 48.5. The first-order chi connectivity index (χ1) is 50.3. The first-order valence-corrected chi connectivity index (χ1v) is 34.9. The molecule has 0 N–H and O–H groups in total. The summed E-state index contributed by atoms with van der Waals surface area (Å²) in [6, 6.07) is 37.8. The Morgan fingerprint density at radius 3 is 0.865 bits per heavy atom. The van der Waals surface area contributed by atoms with Gasteiger partial charge in [0.15, 0.2) is 0 Å². The van der Waals surface area contributed by atoms with Gasteiger partial charge >= 0.3 is 47.8 Å². The van der Waals surface area contributed by atoms with Gasteiger partial charge in [-0.15, -0.1) is 0 Å². The van der Waals surface area contributed by atoms with E-state index in [1.807, 2.05) is 48.5 Å². The van der Waals surface area contributed by atoms with Gasteiger partial charge in [0.2, 0.25) is 0 Å². The Hall–Kier alpha value is -11.3. The quantitative estimate of drug-likeness (QED) is 0.0113. The van der Waals surface area contributed by atoms with Gasteiger partial charge in [-0.3, -0.25) is 0 Å². The molecule has 20 heteroatoms. The zero-order valence-corrected chi connectivity index (χ0v) is 60.1. The molecule has 0 bridgehead atoms. The summed E-state index contributed by atoms with van der Waals surface area (Å²) >= 11 is 0. The van der Waals surface area contributed by atoms with E-state index >= 15 is 0 Å². The number of ether oxygens (including phenoxy) is 12. The van der Waals surface area contributed by atoms with Crippen LogP contribution in [0.25, 0.3) is 12.2 Å². The van der Waals surface area contributed by atoms with Gasteiger partial charge in [-0.25, -0.2) is 38.4 Å². The molecule has 0 aliphatic rings. The van der Waals surface area contributed by atoms with Crippen molar-refractivity contribution in [3.05, 3.63) is 229 Å². The lowest BCUT2D eigenvalue weighted by molar-refractivity contribution is -0.139. The average Bonchev–Trinajstić information content (AvgIpc) is 0.855. The number of aryl methyl sites for hydroxylation is 2. The minimum Gasteiger partial charge on any atom is -0.494 e. The van der Waals surface area contributed by atoms with Gasteiger partial charge < -0.3 is 56.8 Å². The molecule has 0 heterocycles. The average molecular weight is 1430 g/mol. The number of carbonyl (C=O) groups excluding carboxylic acids is 8. The van der Waals surface area contributed by atoms with Gasteiger partial charge in [-0.05, 0) is 274 Å². The summed E-state index contributed by atoms with van der Waals surface area (Å²) in [6.45, 7) is 24.4. The molecule has 104 heavy (non-hydrogen) atoms. The predicted molar refractivity (Wildman–Crippen MR) is 397 cm³/mol. The SMILES string of the molecule is C=C(C)C(=O)OCCCCCCOc1ccc(/C=C/C(=O)Oc2ccc(OC(=O)c3ccc(OCCCCCCOC(=O)C(=C)C)cc3)cc2C)cc1.C=CC(=O)OCCCCCCOc1ccc(/C=C/C(=O)Oc2ccc(OC(=O)c3ccc(OCCCCCCOC(=O)C=C)cc3)cc2C)cc1. The molecule has 20 nitrogen and oxygen atoms in total. The largest absolute Gasteiger partial charge is 0.494 e. The van der Waals surface area contributed by atoms with Crippen LogP contribution in [0.5, 0.6) is 46.0 Å². The normalized spacial score (nSPS) is 10.7. The second-order valence-corrected chi connectivity index (χ2v) is 24.0. The monoisotopic (exact) mass is 1420 g/mol. The van der Waals surface area contributed by atoms with Crippen LogP contribution in [0.2, 0.25) is 0 Å². The molecule has 6 rings (SSSR count). The number of hydrogen-bond acceptors (Lipinski definition) is 20. The second-order valence-electron chi connectivity index (χ2n) is 24.0. The molecule has 0 aromatic heterocycles. The van der Waals surface area contributed by atoms with E-state index in [9.17, 15) is 38.4 Å². The maximum atomic E-state index is 12.7. The molecule has 6 aromatic carbocycles. The fraction of sp³-hybridized carbons (Fsp3) is 0.333. The number of hydrogen-bond donors (Lipinski definition) is 0. The minimum absolute atomic E-state index is 0.321. The van der Waals surface area contributed by atoms with Crippen molar-refractivity contribution < 1.29 is 95.2 Å². The Labute approximate surface area is 610 Å². The smallest absolute Gasteiger partial charge is 0.343 e. The van der Waals surface area contributed by atoms with E-state index in [4.69, 9.17) is 56.8 Å². The number of esters is 8. The van der Waals surface area contributed by atoms with Crippen LogP contribution < -0.4 is 37.9 Å². The molecule has 0 aliphatic carbocycles. The molecule has 6 aromatic rings. The summed E-state index contributed by atoms with van der Waals surface area (Å²) in [5, 5.41) is 0. The van der Waals surface area contributed by atoms with E-state index in [-0.39, 0.29) is 11.9 Å². The summed E-state index contributed by atoms with van der Waals surface area (Å²) in [5.74, 6) is 0.456. The zero-order chi connectivity index (χ0) is 75.1. The highest BCUT2D eigenvalue weighted by Gasteiger charge is 2.15. The number of rotatable bonds is 46. The number of benzene rings is 6. The van der Waals surface area contributed by atoms with Gasteiger partial charge in [0.25, 0.3) is 0 Å². The summed E-state index contributed by atoms with van der Waals surface area (Å²) in [4.78, 5) is 95.2. The standard InChI is InChI=1S/C43H50O10.C41H46O10/c1-31(2)41(45)50-28-12-8-6-10-26-48-36-19-14-34(15-20-36)16-25-40(44)53-39-24-23-38(30-33(39)5)52-43(47)35-17-21-37(22-18-35)49-27-11-7-9-13-29-51-42(46)32(3)4;1-4-38(42)48-28-12-8-6-10-26-46-34-19-14-32(15-20-34)16-25-40(44)51-37-24-23-36(30-31(37)3)50-41(45)33-17-21-35(22-18-33)47-27-11-7-9-13-29-49-39(43)5-2/h14-25,30H,1,3,6-13,26-29H2,2,4-5H3;4-5,14-25,30H,1-2,6-13,26-29H2,3H3/b2*25-16+. The first-order valence-electron chi connectivity index (χ1n) is 34.9. The van der Waals surface area contributed by atoms with Crippen molar-refractivity contribution in [2.75, 3.05) is 52.9 Å². The molecule has 0 unspecified atom stereocenters. The van der Waals surface area contributed by atoms with Crippen molar-refractivity contribution in [2.45, 2.75) is 130 Å². The minimum atomic E-state index is -0.545. The van der Waals surface area contributed by atoms with Crippen molar-refractivity contribution in [1.82, 2.24) is 0 Å². The van der Waals surface area contributed by atoms with Crippen LogP contribution in [0, 0.1) is 13.8 Å². The Morgan fingerprint density at radius 1 is 0.317 bits per heavy atom. The maximum Gasteiger partial charge on any atom is 0.343 e. The molecule has 0 aliphatic heterocycles. The van der Waals surface area contributed by atoms with Gasteiger partial charge in [-0.1, -0.05) is 50.6 Å². The first kappa shape index (κ1) is 83.4. The van der Waals surface area contributed by atoms with Crippen LogP contribution in [-0.2, 0) is 47.7 Å². The van der Waals surface area contributed by atoms with E-state index in [2.05, 4.69) is 26.3 Å². The third-order valence-electron chi connectivity index (χ3n) is 15.1. The van der Waals surface area contributed by atoms with Crippen molar-refractivity contribution in [3.63, 3.8) is 0 Å². The molecule has 0 atom stereocenters. The van der Waals surface area contributed by atoms with Crippen LogP contribution in [0.4, 0.5) is 0 Å². The molecule has 0 spiro atoms. The Balaban J connectivity index is 0.000000374. The van der Waals surface area contributed by atoms with Crippen molar-refractivity contribution in [2.24, 2.45) is 0 Å². The van der Waals surface area contributed by atoms with Crippen molar-refractivity contribution in [1.29, 1.82) is 0 Å². The lowest BCUT2D eigenvalue weighted by Gasteiger charge is -2.10. The fourth-order valence-corrected chi connectivity index (χ4v) is 9.30. The lowest BCUT2D eigenvalue weighted by atomic mass is 10.2. The summed E-state index contributed by atoms with van der Waals surface area (Å²) in [6.07, 6.45) is 22.5. The third kappa shape index (κ3) is 34.9. The predicted octanol–water partition coefficient (Wildman–Crippen LogP) is 17.1. The van der Waals surface area contributed by atoms with E-state index in [0.717, 1.165) is 138 Å². The van der Waals surface area contributed by atoms with Crippen LogP contribution in [0.3, 0.4) is 0 Å². The Morgan fingerprint density at radius 2 is 0.587 bits per heavy atom. The van der Waals surface area contributed by atoms with E-state index in [1.165, 1.54) is 12.2 Å². The van der Waals surface area contributed by atoms with Crippen LogP contribution in [0.15, 0.2) is 195 Å². The Bertz CT molecular complexity index is 3810. The van der Waals surface area contributed by atoms with Gasteiger partial charge in [0, 0.05) is 35.5 Å².